The Labute approximate surface area is 124 Å². The van der Waals surface area contributed by atoms with Gasteiger partial charge in [-0.15, -0.1) is 0 Å². The second kappa shape index (κ2) is 6.03. The van der Waals surface area contributed by atoms with Crippen molar-refractivity contribution in [3.63, 3.8) is 0 Å². The number of halogens is 3. The van der Waals surface area contributed by atoms with Crippen molar-refractivity contribution in [3.05, 3.63) is 51.0 Å². The lowest BCUT2D eigenvalue weighted by Crippen LogP contribution is -2.03. The summed E-state index contributed by atoms with van der Waals surface area (Å²) in [5.74, 6) is -0.619. The molecule has 1 aromatic carbocycles. The van der Waals surface area contributed by atoms with Crippen molar-refractivity contribution < 1.29 is 9.50 Å². The maximum absolute atomic E-state index is 14.0. The molecule has 2 aromatic rings. The van der Waals surface area contributed by atoms with Crippen molar-refractivity contribution >= 4 is 27.5 Å². The number of hydrogen-bond donors (Lipinski definition) is 1. The van der Waals surface area contributed by atoms with Crippen molar-refractivity contribution in [1.29, 1.82) is 0 Å². The van der Waals surface area contributed by atoms with Crippen molar-refractivity contribution in [1.82, 2.24) is 9.78 Å². The zero-order valence-corrected chi connectivity index (χ0v) is 12.6. The standard InChI is InChI=1S/C13H13BrClFN2O/c1-2-5-18-7-8(6-17-18)13(19)9-3-4-10(14)11(15)12(9)16/h3-4,6-7,13,19H,2,5H2,1H3. The number of aromatic nitrogens is 2. The fourth-order valence-electron chi connectivity index (χ4n) is 1.80. The topological polar surface area (TPSA) is 38.0 Å². The van der Waals surface area contributed by atoms with Gasteiger partial charge < -0.3 is 5.11 Å². The molecule has 0 saturated heterocycles. The lowest BCUT2D eigenvalue weighted by atomic mass is 10.0. The maximum Gasteiger partial charge on any atom is 0.149 e. The molecule has 0 amide bonds. The molecule has 1 heterocycles. The molecular weight excluding hydrogens is 335 g/mol. The van der Waals surface area contributed by atoms with Gasteiger partial charge in [-0.3, -0.25) is 4.68 Å². The highest BCUT2D eigenvalue weighted by atomic mass is 79.9. The molecule has 19 heavy (non-hydrogen) atoms. The Morgan fingerprint density at radius 2 is 2.26 bits per heavy atom. The van der Waals surface area contributed by atoms with E-state index in [-0.39, 0.29) is 10.6 Å². The molecular formula is C13H13BrClFN2O. The largest absolute Gasteiger partial charge is 0.383 e. The molecule has 0 bridgehead atoms. The first-order chi connectivity index (χ1) is 9.04. The Morgan fingerprint density at radius 3 is 2.95 bits per heavy atom. The van der Waals surface area contributed by atoms with Crippen LogP contribution in [0.3, 0.4) is 0 Å². The van der Waals surface area contributed by atoms with Crippen LogP contribution in [0.4, 0.5) is 4.39 Å². The second-order valence-corrected chi connectivity index (χ2v) is 5.44. The highest BCUT2D eigenvalue weighted by Crippen LogP contribution is 2.32. The van der Waals surface area contributed by atoms with E-state index in [0.29, 0.717) is 10.0 Å². The fourth-order valence-corrected chi connectivity index (χ4v) is 2.28. The Balaban J connectivity index is 2.33. The third-order valence-corrected chi connectivity index (χ3v) is 4.04. The van der Waals surface area contributed by atoms with Gasteiger partial charge in [0.1, 0.15) is 11.9 Å². The number of rotatable bonds is 4. The Bertz CT molecular complexity index is 588. The van der Waals surface area contributed by atoms with E-state index in [4.69, 9.17) is 11.6 Å². The number of aryl methyl sites for hydroxylation is 1. The number of benzene rings is 1. The van der Waals surface area contributed by atoms with Gasteiger partial charge in [0.15, 0.2) is 0 Å². The highest BCUT2D eigenvalue weighted by molar-refractivity contribution is 9.10. The summed E-state index contributed by atoms with van der Waals surface area (Å²) in [6.45, 7) is 2.79. The van der Waals surface area contributed by atoms with Gasteiger partial charge >= 0.3 is 0 Å². The summed E-state index contributed by atoms with van der Waals surface area (Å²) < 4.78 is 16.2. The first-order valence-corrected chi connectivity index (χ1v) is 7.05. The molecule has 6 heteroatoms. The SMILES string of the molecule is CCCn1cc(C(O)c2ccc(Br)c(Cl)c2F)cn1. The highest BCUT2D eigenvalue weighted by Gasteiger charge is 2.19. The van der Waals surface area contributed by atoms with Gasteiger partial charge in [-0.1, -0.05) is 24.6 Å². The van der Waals surface area contributed by atoms with Crippen LogP contribution >= 0.6 is 27.5 Å². The molecule has 1 atom stereocenters. The van der Waals surface area contributed by atoms with Crippen molar-refractivity contribution in [3.8, 4) is 0 Å². The van der Waals surface area contributed by atoms with Crippen LogP contribution in [0.1, 0.15) is 30.6 Å². The lowest BCUT2D eigenvalue weighted by Gasteiger charge is -2.11. The first-order valence-electron chi connectivity index (χ1n) is 5.88. The summed E-state index contributed by atoms with van der Waals surface area (Å²) in [7, 11) is 0. The van der Waals surface area contributed by atoms with Gasteiger partial charge in [0.25, 0.3) is 0 Å². The van der Waals surface area contributed by atoms with Crippen LogP contribution in [0.2, 0.25) is 5.02 Å². The predicted molar refractivity (Wildman–Crippen MR) is 75.7 cm³/mol. The molecule has 0 aliphatic carbocycles. The van der Waals surface area contributed by atoms with Crippen LogP contribution in [-0.4, -0.2) is 14.9 Å². The van der Waals surface area contributed by atoms with Crippen LogP contribution in [0, 0.1) is 5.82 Å². The summed E-state index contributed by atoms with van der Waals surface area (Å²) in [4.78, 5) is 0. The molecule has 0 spiro atoms. The quantitative estimate of drug-likeness (QED) is 0.851. The van der Waals surface area contributed by atoms with Crippen LogP contribution < -0.4 is 0 Å². The van der Waals surface area contributed by atoms with Crippen LogP contribution in [0.25, 0.3) is 0 Å². The zero-order chi connectivity index (χ0) is 14.0. The minimum absolute atomic E-state index is 0.0301. The van der Waals surface area contributed by atoms with E-state index in [9.17, 15) is 9.50 Å². The van der Waals surface area contributed by atoms with E-state index < -0.39 is 11.9 Å². The molecule has 0 radical (unpaired) electrons. The van der Waals surface area contributed by atoms with E-state index in [1.807, 2.05) is 6.92 Å². The normalized spacial score (nSPS) is 12.7. The number of hydrogen-bond acceptors (Lipinski definition) is 2. The molecule has 3 nitrogen and oxygen atoms in total. The lowest BCUT2D eigenvalue weighted by molar-refractivity contribution is 0.215. The zero-order valence-electron chi connectivity index (χ0n) is 10.3. The molecule has 0 aliphatic heterocycles. The summed E-state index contributed by atoms with van der Waals surface area (Å²) in [6, 6.07) is 3.12. The van der Waals surface area contributed by atoms with Crippen molar-refractivity contribution in [2.24, 2.45) is 0 Å². The minimum Gasteiger partial charge on any atom is -0.383 e. The summed E-state index contributed by atoms with van der Waals surface area (Å²) in [6.07, 6.45) is 3.12. The average Bonchev–Trinajstić information content (AvgIpc) is 2.85. The summed E-state index contributed by atoms with van der Waals surface area (Å²) >= 11 is 8.96. The summed E-state index contributed by atoms with van der Waals surface area (Å²) in [5.41, 5.74) is 0.690. The molecule has 0 fully saturated rings. The minimum atomic E-state index is -1.07. The van der Waals surface area contributed by atoms with E-state index in [1.165, 1.54) is 12.3 Å². The summed E-state index contributed by atoms with van der Waals surface area (Å²) in [5, 5.41) is 14.3. The van der Waals surface area contributed by atoms with Crippen molar-refractivity contribution in [2.75, 3.05) is 0 Å². The Kier molecular flexibility index (Phi) is 4.60. The second-order valence-electron chi connectivity index (χ2n) is 4.20. The number of aliphatic hydroxyl groups excluding tert-OH is 1. The fraction of sp³-hybridized carbons (Fsp3) is 0.308. The van der Waals surface area contributed by atoms with Gasteiger partial charge in [0.2, 0.25) is 0 Å². The maximum atomic E-state index is 14.0. The van der Waals surface area contributed by atoms with Crippen LogP contribution in [0.5, 0.6) is 0 Å². The van der Waals surface area contributed by atoms with E-state index in [2.05, 4.69) is 21.0 Å². The van der Waals surface area contributed by atoms with E-state index >= 15 is 0 Å². The molecule has 2 rings (SSSR count). The molecule has 1 N–H and O–H groups in total. The van der Waals surface area contributed by atoms with Crippen molar-refractivity contribution in [2.45, 2.75) is 26.0 Å². The van der Waals surface area contributed by atoms with Gasteiger partial charge in [-0.05, 0) is 28.4 Å². The number of nitrogens with zero attached hydrogens (tertiary/aromatic N) is 2. The smallest absolute Gasteiger partial charge is 0.149 e. The van der Waals surface area contributed by atoms with Gasteiger partial charge in [-0.2, -0.15) is 5.10 Å². The predicted octanol–water partition coefficient (Wildman–Crippen LogP) is 3.93. The Hall–Kier alpha value is -0.910. The number of aliphatic hydroxyl groups is 1. The van der Waals surface area contributed by atoms with E-state index in [0.717, 1.165) is 13.0 Å². The van der Waals surface area contributed by atoms with Crippen LogP contribution in [0.15, 0.2) is 29.0 Å². The molecule has 0 saturated carbocycles. The van der Waals surface area contributed by atoms with Gasteiger partial charge in [-0.25, -0.2) is 4.39 Å². The van der Waals surface area contributed by atoms with Gasteiger partial charge in [0.05, 0.1) is 11.2 Å². The third kappa shape index (κ3) is 2.99. The van der Waals surface area contributed by atoms with E-state index in [1.54, 1.807) is 16.9 Å². The third-order valence-electron chi connectivity index (χ3n) is 2.78. The monoisotopic (exact) mass is 346 g/mol. The molecule has 1 unspecified atom stereocenters. The molecule has 1 aromatic heterocycles. The van der Waals surface area contributed by atoms with Crippen LogP contribution in [-0.2, 0) is 6.54 Å². The Morgan fingerprint density at radius 1 is 1.53 bits per heavy atom. The molecule has 102 valence electrons. The van der Waals surface area contributed by atoms with Gasteiger partial charge in [0, 0.05) is 28.3 Å². The molecule has 0 aliphatic rings. The first kappa shape index (κ1) is 14.5. The average molecular weight is 348 g/mol.